The lowest BCUT2D eigenvalue weighted by Gasteiger charge is -2.32. The van der Waals surface area contributed by atoms with Gasteiger partial charge in [0, 0.05) is 0 Å². The number of methoxy groups -OCH3 is 1. The van der Waals surface area contributed by atoms with Gasteiger partial charge in [-0.25, -0.2) is 0 Å². The molecular formula is C28H38O2. The zero-order chi connectivity index (χ0) is 22.0. The Morgan fingerprint density at radius 3 is 2.47 bits per heavy atom. The molecule has 1 aliphatic carbocycles. The van der Waals surface area contributed by atoms with E-state index in [1.165, 1.54) is 36.0 Å². The van der Waals surface area contributed by atoms with E-state index in [4.69, 9.17) is 9.47 Å². The van der Waals surface area contributed by atoms with Crippen LogP contribution in [0.1, 0.15) is 59.4 Å². The van der Waals surface area contributed by atoms with Crippen LogP contribution in [0, 0.1) is 5.41 Å². The highest BCUT2D eigenvalue weighted by atomic mass is 16.5. The van der Waals surface area contributed by atoms with Crippen LogP contribution in [0.3, 0.4) is 0 Å². The molecule has 0 amide bonds. The fourth-order valence-corrected chi connectivity index (χ4v) is 3.79. The van der Waals surface area contributed by atoms with Crippen LogP contribution in [-0.2, 0) is 11.3 Å². The van der Waals surface area contributed by atoms with Crippen molar-refractivity contribution in [2.75, 3.05) is 13.7 Å². The van der Waals surface area contributed by atoms with E-state index in [0.717, 1.165) is 11.3 Å². The summed E-state index contributed by atoms with van der Waals surface area (Å²) in [7, 11) is 1.68. The minimum Gasteiger partial charge on any atom is -0.497 e. The number of allylic oxidation sites excluding steroid dienone is 9. The lowest BCUT2D eigenvalue weighted by atomic mass is 9.72. The fourth-order valence-electron chi connectivity index (χ4n) is 3.79. The van der Waals surface area contributed by atoms with Crippen molar-refractivity contribution in [2.24, 2.45) is 5.41 Å². The molecule has 162 valence electrons. The van der Waals surface area contributed by atoms with Gasteiger partial charge in [0.25, 0.3) is 0 Å². The van der Waals surface area contributed by atoms with Gasteiger partial charge in [-0.3, -0.25) is 0 Å². The Labute approximate surface area is 183 Å². The van der Waals surface area contributed by atoms with Crippen molar-refractivity contribution in [1.82, 2.24) is 0 Å². The summed E-state index contributed by atoms with van der Waals surface area (Å²) < 4.78 is 10.9. The molecule has 0 heterocycles. The standard InChI is InChI=1S/C28H38O2/c1-22(12-17-27-24(3)11-8-19-28(27,4)5)9-7-10-23(2)18-20-30-21-25-13-15-26(29-6)16-14-25/h7,9-10,12-18H,8,11,19-21H2,1-6H3/b10-7+,17-12+,22-9+,23-18+. The molecule has 30 heavy (non-hydrogen) atoms. The molecule has 0 N–H and O–H groups in total. The maximum Gasteiger partial charge on any atom is 0.118 e. The molecule has 1 aliphatic rings. The van der Waals surface area contributed by atoms with Crippen molar-refractivity contribution >= 4 is 0 Å². The van der Waals surface area contributed by atoms with Crippen LogP contribution >= 0.6 is 0 Å². The zero-order valence-electron chi connectivity index (χ0n) is 19.6. The highest BCUT2D eigenvalue weighted by Crippen LogP contribution is 2.40. The monoisotopic (exact) mass is 406 g/mol. The first-order valence-corrected chi connectivity index (χ1v) is 10.9. The van der Waals surface area contributed by atoms with Crippen molar-refractivity contribution in [2.45, 2.75) is 60.5 Å². The van der Waals surface area contributed by atoms with Crippen LogP contribution in [0.25, 0.3) is 0 Å². The quantitative estimate of drug-likeness (QED) is 0.308. The van der Waals surface area contributed by atoms with Crippen molar-refractivity contribution in [3.05, 3.63) is 88.6 Å². The smallest absolute Gasteiger partial charge is 0.118 e. The minimum absolute atomic E-state index is 0.292. The van der Waals surface area contributed by atoms with Gasteiger partial charge in [0.05, 0.1) is 20.3 Å². The number of hydrogen-bond acceptors (Lipinski definition) is 2. The van der Waals surface area contributed by atoms with Crippen LogP contribution < -0.4 is 4.74 Å². The van der Waals surface area contributed by atoms with Gasteiger partial charge in [-0.2, -0.15) is 0 Å². The van der Waals surface area contributed by atoms with Crippen molar-refractivity contribution in [3.63, 3.8) is 0 Å². The normalized spacial score (nSPS) is 17.9. The van der Waals surface area contributed by atoms with E-state index in [2.05, 4.69) is 71.1 Å². The SMILES string of the molecule is COc1ccc(COC/C=C(C)/C=C/C=C(C)/C=C/C2=C(C)CCCC2(C)C)cc1. The third-order valence-electron chi connectivity index (χ3n) is 5.72. The van der Waals surface area contributed by atoms with Crippen LogP contribution in [0.2, 0.25) is 0 Å². The summed E-state index contributed by atoms with van der Waals surface area (Å²) in [5, 5.41) is 0. The highest BCUT2D eigenvalue weighted by molar-refractivity contribution is 5.37. The average molecular weight is 407 g/mol. The van der Waals surface area contributed by atoms with Crippen molar-refractivity contribution < 1.29 is 9.47 Å². The van der Waals surface area contributed by atoms with E-state index in [9.17, 15) is 0 Å². The highest BCUT2D eigenvalue weighted by Gasteiger charge is 2.26. The van der Waals surface area contributed by atoms with Crippen LogP contribution in [0.4, 0.5) is 0 Å². The van der Waals surface area contributed by atoms with Gasteiger partial charge in [-0.15, -0.1) is 0 Å². The third kappa shape index (κ3) is 7.84. The number of benzene rings is 1. The van der Waals surface area contributed by atoms with Crippen LogP contribution in [0.5, 0.6) is 5.75 Å². The molecule has 0 saturated heterocycles. The molecule has 0 unspecified atom stereocenters. The van der Waals surface area contributed by atoms with Crippen LogP contribution in [0.15, 0.2) is 83.0 Å². The van der Waals surface area contributed by atoms with Gasteiger partial charge in [0.15, 0.2) is 0 Å². The Kier molecular flexibility index (Phi) is 9.39. The molecule has 0 radical (unpaired) electrons. The Morgan fingerprint density at radius 2 is 1.80 bits per heavy atom. The lowest BCUT2D eigenvalue weighted by molar-refractivity contribution is 0.148. The maximum atomic E-state index is 5.74. The molecule has 1 aromatic rings. The third-order valence-corrected chi connectivity index (χ3v) is 5.72. The molecule has 0 fully saturated rings. The maximum absolute atomic E-state index is 5.74. The van der Waals surface area contributed by atoms with Crippen molar-refractivity contribution in [1.29, 1.82) is 0 Å². The summed E-state index contributed by atoms with van der Waals surface area (Å²) in [6, 6.07) is 7.97. The Bertz CT molecular complexity index is 830. The van der Waals surface area contributed by atoms with Gasteiger partial charge in [0.1, 0.15) is 5.75 Å². The summed E-state index contributed by atoms with van der Waals surface area (Å²) in [5.41, 5.74) is 6.95. The molecule has 1 aromatic carbocycles. The van der Waals surface area contributed by atoms with Gasteiger partial charge in [-0.05, 0) is 68.7 Å². The molecule has 0 saturated carbocycles. The zero-order valence-corrected chi connectivity index (χ0v) is 19.6. The topological polar surface area (TPSA) is 18.5 Å². The predicted molar refractivity (Wildman–Crippen MR) is 129 cm³/mol. The molecule has 2 nitrogen and oxygen atoms in total. The molecule has 0 aromatic heterocycles. The summed E-state index contributed by atoms with van der Waals surface area (Å²) in [5.74, 6) is 0.868. The first-order chi connectivity index (χ1) is 14.3. The predicted octanol–water partition coefficient (Wildman–Crippen LogP) is 7.74. The van der Waals surface area contributed by atoms with Crippen LogP contribution in [-0.4, -0.2) is 13.7 Å². The summed E-state index contributed by atoms with van der Waals surface area (Å²) in [6.45, 7) is 12.5. The largest absolute Gasteiger partial charge is 0.497 e. The van der Waals surface area contributed by atoms with E-state index < -0.39 is 0 Å². The molecule has 2 heteroatoms. The summed E-state index contributed by atoms with van der Waals surface area (Å²) >= 11 is 0. The van der Waals surface area contributed by atoms with E-state index >= 15 is 0 Å². The van der Waals surface area contributed by atoms with E-state index in [0.29, 0.717) is 18.6 Å². The van der Waals surface area contributed by atoms with Gasteiger partial charge >= 0.3 is 0 Å². The molecule has 0 spiro atoms. The molecule has 0 atom stereocenters. The Balaban J connectivity index is 1.81. The first kappa shape index (κ1) is 24.0. The summed E-state index contributed by atoms with van der Waals surface area (Å²) in [6.07, 6.45) is 16.9. The molecule has 2 rings (SSSR count). The Hall–Kier alpha value is -2.32. The van der Waals surface area contributed by atoms with E-state index in [-0.39, 0.29) is 0 Å². The molecule has 0 aliphatic heterocycles. The number of ether oxygens (including phenoxy) is 2. The minimum atomic E-state index is 0.292. The average Bonchev–Trinajstić information content (AvgIpc) is 2.71. The van der Waals surface area contributed by atoms with Gasteiger partial charge in [0.2, 0.25) is 0 Å². The van der Waals surface area contributed by atoms with E-state index in [1.807, 2.05) is 24.3 Å². The van der Waals surface area contributed by atoms with E-state index in [1.54, 1.807) is 12.7 Å². The number of hydrogen-bond donors (Lipinski definition) is 0. The summed E-state index contributed by atoms with van der Waals surface area (Å²) in [4.78, 5) is 0. The molecular weight excluding hydrogens is 368 g/mol. The van der Waals surface area contributed by atoms with Gasteiger partial charge in [-0.1, -0.05) is 79.2 Å². The van der Waals surface area contributed by atoms with Gasteiger partial charge < -0.3 is 9.47 Å². The Morgan fingerprint density at radius 1 is 1.07 bits per heavy atom. The molecule has 0 bridgehead atoms. The van der Waals surface area contributed by atoms with Crippen molar-refractivity contribution in [3.8, 4) is 5.75 Å². The second kappa shape index (κ2) is 11.8. The second-order valence-corrected chi connectivity index (χ2v) is 8.85. The second-order valence-electron chi connectivity index (χ2n) is 8.85. The first-order valence-electron chi connectivity index (χ1n) is 10.9. The fraction of sp³-hybridized carbons (Fsp3) is 0.429. The lowest BCUT2D eigenvalue weighted by Crippen LogP contribution is -2.19. The number of rotatable bonds is 9.